The Labute approximate surface area is 207 Å². The molecule has 0 unspecified atom stereocenters. The number of esters is 2. The second kappa shape index (κ2) is 12.4. The molecule has 1 saturated carbocycles. The zero-order chi connectivity index (χ0) is 25.4. The van der Waals surface area contributed by atoms with Crippen LogP contribution in [0.25, 0.3) is 0 Å². The number of nitrogens with one attached hydrogen (secondary N) is 1. The Morgan fingerprint density at radius 2 is 1.63 bits per heavy atom. The molecule has 0 heterocycles. The van der Waals surface area contributed by atoms with Crippen LogP contribution >= 0.6 is 0 Å². The van der Waals surface area contributed by atoms with Crippen LogP contribution in [0.1, 0.15) is 67.7 Å². The molecule has 1 N–H and O–H groups in total. The monoisotopic (exact) mass is 481 g/mol. The zero-order valence-electron chi connectivity index (χ0n) is 20.9. The van der Waals surface area contributed by atoms with Crippen molar-refractivity contribution in [3.05, 3.63) is 59.7 Å². The van der Waals surface area contributed by atoms with Crippen LogP contribution in [-0.2, 0) is 14.3 Å². The van der Waals surface area contributed by atoms with Crippen molar-refractivity contribution >= 4 is 23.5 Å². The van der Waals surface area contributed by atoms with Crippen LogP contribution in [-0.4, -0.2) is 37.2 Å². The summed E-state index contributed by atoms with van der Waals surface area (Å²) in [5.74, 6) is 0.0890. The summed E-state index contributed by atoms with van der Waals surface area (Å²) in [7, 11) is 0. The van der Waals surface area contributed by atoms with E-state index in [2.05, 4.69) is 26.1 Å². The number of benzene rings is 2. The summed E-state index contributed by atoms with van der Waals surface area (Å²) in [4.78, 5) is 38.0. The van der Waals surface area contributed by atoms with E-state index in [0.717, 1.165) is 19.3 Å². The van der Waals surface area contributed by atoms with Gasteiger partial charge in [0, 0.05) is 5.69 Å². The summed E-state index contributed by atoms with van der Waals surface area (Å²) in [6.07, 6.45) is 2.77. The lowest BCUT2D eigenvalue weighted by Gasteiger charge is -2.36. The van der Waals surface area contributed by atoms with Gasteiger partial charge in [0.05, 0.1) is 17.7 Å². The number of hydrogen-bond donors (Lipinski definition) is 1. The van der Waals surface area contributed by atoms with Crippen molar-refractivity contribution in [2.45, 2.75) is 53.1 Å². The average molecular weight is 482 g/mol. The molecule has 2 aromatic rings. The Kier molecular flexibility index (Phi) is 9.29. The van der Waals surface area contributed by atoms with Gasteiger partial charge >= 0.3 is 11.9 Å². The minimum absolute atomic E-state index is 0.0799. The molecule has 1 aliphatic carbocycles. The minimum atomic E-state index is -0.753. The van der Waals surface area contributed by atoms with Gasteiger partial charge in [-0.05, 0) is 73.9 Å². The highest BCUT2D eigenvalue weighted by atomic mass is 16.5. The number of ether oxygens (including phenoxy) is 3. The predicted octanol–water partition coefficient (Wildman–Crippen LogP) is 5.50. The average Bonchev–Trinajstić information content (AvgIpc) is 2.83. The zero-order valence-corrected chi connectivity index (χ0v) is 20.9. The fourth-order valence-corrected chi connectivity index (χ4v) is 4.50. The Bertz CT molecular complexity index is 1020. The molecule has 35 heavy (non-hydrogen) atoms. The maximum absolute atomic E-state index is 13.0. The van der Waals surface area contributed by atoms with Crippen LogP contribution in [0.5, 0.6) is 5.75 Å². The Morgan fingerprint density at radius 3 is 2.26 bits per heavy atom. The fourth-order valence-electron chi connectivity index (χ4n) is 4.50. The number of anilines is 1. The molecule has 1 amide bonds. The summed E-state index contributed by atoms with van der Waals surface area (Å²) >= 11 is 0. The van der Waals surface area contributed by atoms with E-state index in [9.17, 15) is 14.4 Å². The third kappa shape index (κ3) is 7.31. The van der Waals surface area contributed by atoms with Gasteiger partial charge < -0.3 is 19.5 Å². The summed E-state index contributed by atoms with van der Waals surface area (Å²) in [6.45, 7) is 8.41. The summed E-state index contributed by atoms with van der Waals surface area (Å²) in [5.41, 5.74) is 0.779. The van der Waals surface area contributed by atoms with Gasteiger partial charge in [0.1, 0.15) is 11.9 Å². The second-order valence-electron chi connectivity index (χ2n) is 9.40. The highest BCUT2D eigenvalue weighted by Gasteiger charge is 2.34. The first kappa shape index (κ1) is 26.3. The van der Waals surface area contributed by atoms with E-state index in [0.29, 0.717) is 35.8 Å². The van der Waals surface area contributed by atoms with Crippen molar-refractivity contribution in [2.75, 3.05) is 18.5 Å². The van der Waals surface area contributed by atoms with Crippen LogP contribution in [0.2, 0.25) is 0 Å². The largest absolute Gasteiger partial charge is 0.494 e. The third-order valence-corrected chi connectivity index (χ3v) is 6.37. The molecule has 0 aliphatic heterocycles. The van der Waals surface area contributed by atoms with E-state index >= 15 is 0 Å². The van der Waals surface area contributed by atoms with Gasteiger partial charge in [-0.1, -0.05) is 39.3 Å². The molecule has 2 aromatic carbocycles. The van der Waals surface area contributed by atoms with Crippen molar-refractivity contribution in [3.63, 3.8) is 0 Å². The van der Waals surface area contributed by atoms with Gasteiger partial charge in [-0.2, -0.15) is 0 Å². The maximum atomic E-state index is 13.0. The van der Waals surface area contributed by atoms with Crippen molar-refractivity contribution in [1.29, 1.82) is 0 Å². The molecule has 0 aromatic heterocycles. The molecule has 0 radical (unpaired) electrons. The summed E-state index contributed by atoms with van der Waals surface area (Å²) in [5, 5.41) is 2.67. The highest BCUT2D eigenvalue weighted by Crippen LogP contribution is 2.35. The number of carbonyl (C=O) groups is 3. The lowest BCUT2D eigenvalue weighted by Crippen LogP contribution is -2.36. The lowest BCUT2D eigenvalue weighted by molar-refractivity contribution is -0.119. The van der Waals surface area contributed by atoms with E-state index in [1.54, 1.807) is 42.5 Å². The maximum Gasteiger partial charge on any atom is 0.339 e. The topological polar surface area (TPSA) is 90.9 Å². The van der Waals surface area contributed by atoms with E-state index in [-0.39, 0.29) is 17.2 Å². The molecule has 188 valence electrons. The fraction of sp³-hybridized carbons (Fsp3) is 0.464. The van der Waals surface area contributed by atoms with Gasteiger partial charge in [-0.15, -0.1) is 0 Å². The molecule has 1 fully saturated rings. The quantitative estimate of drug-likeness (QED) is 0.476. The van der Waals surface area contributed by atoms with Crippen molar-refractivity contribution in [3.8, 4) is 5.75 Å². The van der Waals surface area contributed by atoms with Gasteiger partial charge in [0.25, 0.3) is 5.91 Å². The molecule has 3 rings (SSSR count). The molecule has 7 heteroatoms. The van der Waals surface area contributed by atoms with Crippen LogP contribution in [0.3, 0.4) is 0 Å². The number of hydrogen-bond acceptors (Lipinski definition) is 6. The first-order valence-corrected chi connectivity index (χ1v) is 12.3. The molecular weight excluding hydrogens is 446 g/mol. The number of amides is 1. The molecule has 0 bridgehead atoms. The molecule has 7 nitrogen and oxygen atoms in total. The van der Waals surface area contributed by atoms with Gasteiger partial charge in [0.15, 0.2) is 6.61 Å². The smallest absolute Gasteiger partial charge is 0.339 e. The molecule has 0 spiro atoms. The molecular formula is C28H35NO6. The van der Waals surface area contributed by atoms with E-state index in [1.807, 2.05) is 6.92 Å². The molecule has 0 saturated heterocycles. The van der Waals surface area contributed by atoms with Gasteiger partial charge in [-0.3, -0.25) is 4.79 Å². The van der Waals surface area contributed by atoms with Crippen molar-refractivity contribution in [2.24, 2.45) is 17.8 Å². The van der Waals surface area contributed by atoms with E-state index < -0.39 is 24.5 Å². The Hall–Kier alpha value is -3.35. The summed E-state index contributed by atoms with van der Waals surface area (Å²) < 4.78 is 16.5. The SMILES string of the molecule is CCOc1ccc(NC(=O)COC(=O)c2ccccc2C(=O)O[C@@H]2C[C@H](C)CC[C@H]2C(C)C)cc1. The second-order valence-corrected chi connectivity index (χ2v) is 9.40. The third-order valence-electron chi connectivity index (χ3n) is 6.37. The first-order valence-electron chi connectivity index (χ1n) is 12.3. The standard InChI is InChI=1S/C28H35NO6/c1-5-33-21-13-11-20(12-14-21)29-26(30)17-34-27(31)23-8-6-7-9-24(23)28(32)35-25-16-19(4)10-15-22(25)18(2)3/h6-9,11-14,18-19,22,25H,5,10,15-17H2,1-4H3,(H,29,30)/t19-,22+,25-/m1/s1. The lowest BCUT2D eigenvalue weighted by atomic mass is 9.75. The summed E-state index contributed by atoms with van der Waals surface area (Å²) in [6, 6.07) is 13.3. The number of carbonyl (C=O) groups excluding carboxylic acids is 3. The Morgan fingerprint density at radius 1 is 0.971 bits per heavy atom. The highest BCUT2D eigenvalue weighted by molar-refractivity contribution is 6.04. The van der Waals surface area contributed by atoms with Crippen LogP contribution < -0.4 is 10.1 Å². The Balaban J connectivity index is 1.60. The normalized spacial score (nSPS) is 19.6. The van der Waals surface area contributed by atoms with Crippen molar-refractivity contribution in [1.82, 2.24) is 0 Å². The minimum Gasteiger partial charge on any atom is -0.494 e. The van der Waals surface area contributed by atoms with E-state index in [1.165, 1.54) is 6.07 Å². The van der Waals surface area contributed by atoms with Gasteiger partial charge in [-0.25, -0.2) is 9.59 Å². The van der Waals surface area contributed by atoms with Crippen LogP contribution in [0, 0.1) is 17.8 Å². The first-order chi connectivity index (χ1) is 16.8. The molecule has 3 atom stereocenters. The number of rotatable bonds is 9. The van der Waals surface area contributed by atoms with Crippen molar-refractivity contribution < 1.29 is 28.6 Å². The predicted molar refractivity (Wildman–Crippen MR) is 134 cm³/mol. The van der Waals surface area contributed by atoms with E-state index in [4.69, 9.17) is 14.2 Å². The van der Waals surface area contributed by atoms with Gasteiger partial charge in [0.2, 0.25) is 0 Å². The van der Waals surface area contributed by atoms with Crippen LogP contribution in [0.15, 0.2) is 48.5 Å². The van der Waals surface area contributed by atoms with Crippen LogP contribution in [0.4, 0.5) is 5.69 Å². The molecule has 1 aliphatic rings.